The van der Waals surface area contributed by atoms with Gasteiger partial charge in [0.25, 0.3) is 0 Å². The Labute approximate surface area is 198 Å². The summed E-state index contributed by atoms with van der Waals surface area (Å²) in [7, 11) is 2.13. The number of hydrogen-bond acceptors (Lipinski definition) is 1. The number of nitrogens with two attached hydrogens (primary N) is 1. The van der Waals surface area contributed by atoms with Crippen LogP contribution in [0.5, 0.6) is 0 Å². The molecule has 0 aliphatic heterocycles. The lowest BCUT2D eigenvalue weighted by atomic mass is 9.77. The van der Waals surface area contributed by atoms with Crippen molar-refractivity contribution in [1.29, 1.82) is 0 Å². The Morgan fingerprint density at radius 3 is 2.21 bits per heavy atom. The first-order chi connectivity index (χ1) is 15.6. The molecule has 1 saturated carbocycles. The number of benzene rings is 2. The van der Waals surface area contributed by atoms with Crippen LogP contribution in [0.15, 0.2) is 42.6 Å². The molecule has 1 aliphatic carbocycles. The number of rotatable bonds is 6. The minimum Gasteiger partial charge on any atom is -0.351 e. The smallest absolute Gasteiger partial charge is 0.319 e. The monoisotopic (exact) mass is 445 g/mol. The first kappa shape index (κ1) is 23.4. The van der Waals surface area contributed by atoms with Crippen LogP contribution in [0.3, 0.4) is 0 Å². The van der Waals surface area contributed by atoms with E-state index in [0.29, 0.717) is 18.4 Å². The van der Waals surface area contributed by atoms with Gasteiger partial charge in [-0.15, -0.1) is 0 Å². The number of para-hydroxylation sites is 1. The average Bonchev–Trinajstić information content (AvgIpc) is 3.36. The molecule has 33 heavy (non-hydrogen) atoms. The molecule has 1 aliphatic rings. The normalized spacial score (nSPS) is 15.6. The van der Waals surface area contributed by atoms with Gasteiger partial charge in [0, 0.05) is 36.1 Å². The third-order valence-corrected chi connectivity index (χ3v) is 7.62. The summed E-state index contributed by atoms with van der Waals surface area (Å²) >= 11 is 0. The van der Waals surface area contributed by atoms with Crippen molar-refractivity contribution in [3.8, 4) is 0 Å². The van der Waals surface area contributed by atoms with Gasteiger partial charge in [0.2, 0.25) is 0 Å². The van der Waals surface area contributed by atoms with Crippen molar-refractivity contribution < 1.29 is 4.79 Å². The zero-order chi connectivity index (χ0) is 23.9. The Morgan fingerprint density at radius 1 is 1.06 bits per heavy atom. The van der Waals surface area contributed by atoms with E-state index in [-0.39, 0.29) is 11.4 Å². The topological polar surface area (TPSA) is 51.3 Å². The lowest BCUT2D eigenvalue weighted by Gasteiger charge is -2.37. The maximum absolute atomic E-state index is 13.1. The number of amides is 2. The fourth-order valence-electron chi connectivity index (χ4n) is 5.89. The van der Waals surface area contributed by atoms with E-state index >= 15 is 0 Å². The molecule has 4 heteroatoms. The van der Waals surface area contributed by atoms with Gasteiger partial charge in [0.05, 0.1) is 5.69 Å². The fourth-order valence-corrected chi connectivity index (χ4v) is 5.89. The summed E-state index contributed by atoms with van der Waals surface area (Å²) in [6.07, 6.45) is 6.80. The van der Waals surface area contributed by atoms with Gasteiger partial charge in [-0.3, -0.25) is 4.90 Å². The van der Waals surface area contributed by atoms with Gasteiger partial charge in [-0.1, -0.05) is 70.4 Å². The summed E-state index contributed by atoms with van der Waals surface area (Å²) in [6.45, 7) is 11.6. The van der Waals surface area contributed by atoms with Gasteiger partial charge in [-0.05, 0) is 60.4 Å². The number of urea groups is 1. The number of fused-ring (bicyclic) bond motifs is 1. The summed E-state index contributed by atoms with van der Waals surface area (Å²) in [5.41, 5.74) is 13.3. The zero-order valence-electron chi connectivity index (χ0n) is 21.1. The van der Waals surface area contributed by atoms with E-state index in [0.717, 1.165) is 18.5 Å². The molecule has 0 bridgehead atoms. The number of aromatic nitrogens is 1. The molecule has 0 unspecified atom stereocenters. The summed E-state index contributed by atoms with van der Waals surface area (Å²) < 4.78 is 2.24. The van der Waals surface area contributed by atoms with Gasteiger partial charge < -0.3 is 10.3 Å². The predicted molar refractivity (Wildman–Crippen MR) is 139 cm³/mol. The van der Waals surface area contributed by atoms with Crippen molar-refractivity contribution in [2.75, 3.05) is 11.4 Å². The van der Waals surface area contributed by atoms with Crippen molar-refractivity contribution in [3.63, 3.8) is 0 Å². The molecule has 0 spiro atoms. The van der Waals surface area contributed by atoms with Crippen molar-refractivity contribution in [2.24, 2.45) is 12.8 Å². The number of anilines is 1. The number of aryl methyl sites for hydroxylation is 2. The standard InChI is InChI=1S/C29H39N3O/c1-19(2)22-10-9-11-23(20(3)4)27(22)32(28(30)33)18-29(14-7-8-15-29)25-17-31(6)26-13-12-21(5)16-24(25)26/h9-13,16-17,19-20H,7-8,14-15,18H2,1-6H3,(H2,30,33). The molecule has 1 heterocycles. The Morgan fingerprint density at radius 2 is 1.67 bits per heavy atom. The van der Waals surface area contributed by atoms with Crippen molar-refractivity contribution >= 4 is 22.6 Å². The predicted octanol–water partition coefficient (Wildman–Crippen LogP) is 7.13. The minimum atomic E-state index is -0.354. The second-order valence-corrected chi connectivity index (χ2v) is 10.7. The van der Waals surface area contributed by atoms with E-state index in [9.17, 15) is 4.79 Å². The molecule has 2 amide bonds. The largest absolute Gasteiger partial charge is 0.351 e. The van der Waals surface area contributed by atoms with Crippen LogP contribution >= 0.6 is 0 Å². The van der Waals surface area contributed by atoms with Gasteiger partial charge in [0.1, 0.15) is 0 Å². The SMILES string of the molecule is Cc1ccc2c(c1)c(C1(CN(C(N)=O)c3c(C(C)C)cccc3C(C)C)CCCC1)cn2C. The Balaban J connectivity index is 1.90. The van der Waals surface area contributed by atoms with Gasteiger partial charge in [0.15, 0.2) is 0 Å². The lowest BCUT2D eigenvalue weighted by molar-refractivity contribution is 0.251. The highest BCUT2D eigenvalue weighted by Gasteiger charge is 2.41. The maximum atomic E-state index is 13.1. The van der Waals surface area contributed by atoms with Gasteiger partial charge in [-0.25, -0.2) is 4.79 Å². The number of primary amides is 1. The van der Waals surface area contributed by atoms with Crippen molar-refractivity contribution in [2.45, 2.75) is 77.6 Å². The maximum Gasteiger partial charge on any atom is 0.319 e. The third kappa shape index (κ3) is 4.16. The molecule has 1 fully saturated rings. The molecule has 176 valence electrons. The Kier molecular flexibility index (Phi) is 6.30. The summed E-state index contributed by atoms with van der Waals surface area (Å²) in [5.74, 6) is 0.612. The first-order valence-corrected chi connectivity index (χ1v) is 12.4. The quantitative estimate of drug-likeness (QED) is 0.431. The van der Waals surface area contributed by atoms with Crippen LogP contribution in [-0.2, 0) is 12.5 Å². The Hall–Kier alpha value is -2.75. The fraction of sp³-hybridized carbons (Fsp3) is 0.483. The molecule has 3 aromatic rings. The van der Waals surface area contributed by atoms with E-state index in [2.05, 4.69) is 88.8 Å². The molecule has 4 rings (SSSR count). The molecule has 0 atom stereocenters. The molecular formula is C29H39N3O. The van der Waals surface area contributed by atoms with Crippen molar-refractivity contribution in [3.05, 3.63) is 64.8 Å². The second kappa shape index (κ2) is 8.89. The van der Waals surface area contributed by atoms with E-state index < -0.39 is 0 Å². The van der Waals surface area contributed by atoms with E-state index in [1.165, 1.54) is 46.0 Å². The number of nitrogens with zero attached hydrogens (tertiary/aromatic N) is 2. The Bertz CT molecular complexity index is 1140. The summed E-state index contributed by atoms with van der Waals surface area (Å²) in [5, 5.41) is 1.31. The van der Waals surface area contributed by atoms with Crippen LogP contribution in [0.4, 0.5) is 10.5 Å². The zero-order valence-corrected chi connectivity index (χ0v) is 21.1. The number of carbonyl (C=O) groups excluding carboxylic acids is 1. The number of hydrogen-bond donors (Lipinski definition) is 1. The highest BCUT2D eigenvalue weighted by Crippen LogP contribution is 2.47. The van der Waals surface area contributed by atoms with Crippen LogP contribution in [0.2, 0.25) is 0 Å². The van der Waals surface area contributed by atoms with Gasteiger partial charge >= 0.3 is 6.03 Å². The second-order valence-electron chi connectivity index (χ2n) is 10.7. The molecule has 4 nitrogen and oxygen atoms in total. The van der Waals surface area contributed by atoms with Crippen LogP contribution in [0, 0.1) is 6.92 Å². The van der Waals surface area contributed by atoms with Crippen LogP contribution in [0.25, 0.3) is 10.9 Å². The lowest BCUT2D eigenvalue weighted by Crippen LogP contribution is -2.46. The van der Waals surface area contributed by atoms with Crippen LogP contribution in [0.1, 0.15) is 87.5 Å². The van der Waals surface area contributed by atoms with E-state index in [1.807, 2.05) is 4.90 Å². The number of carbonyl (C=O) groups is 1. The van der Waals surface area contributed by atoms with Crippen LogP contribution < -0.4 is 10.6 Å². The highest BCUT2D eigenvalue weighted by atomic mass is 16.2. The van der Waals surface area contributed by atoms with Crippen molar-refractivity contribution in [1.82, 2.24) is 4.57 Å². The molecular weight excluding hydrogens is 406 g/mol. The first-order valence-electron chi connectivity index (χ1n) is 12.4. The van der Waals surface area contributed by atoms with Gasteiger partial charge in [-0.2, -0.15) is 0 Å². The van der Waals surface area contributed by atoms with Crippen LogP contribution in [-0.4, -0.2) is 17.1 Å². The molecule has 0 saturated heterocycles. The average molecular weight is 446 g/mol. The molecule has 1 aromatic heterocycles. The van der Waals surface area contributed by atoms with E-state index in [1.54, 1.807) is 0 Å². The summed E-state index contributed by atoms with van der Waals surface area (Å²) in [4.78, 5) is 15.0. The highest BCUT2D eigenvalue weighted by molar-refractivity contribution is 5.94. The van der Waals surface area contributed by atoms with E-state index in [4.69, 9.17) is 5.73 Å². The molecule has 0 radical (unpaired) electrons. The molecule has 2 aromatic carbocycles. The summed E-state index contributed by atoms with van der Waals surface area (Å²) in [6, 6.07) is 12.8. The third-order valence-electron chi connectivity index (χ3n) is 7.62. The minimum absolute atomic E-state index is 0.0966. The molecule has 2 N–H and O–H groups in total.